The molecule has 0 heterocycles. The van der Waals surface area contributed by atoms with Crippen LogP contribution in [0.4, 0.5) is 0 Å². The summed E-state index contributed by atoms with van der Waals surface area (Å²) in [6.07, 6.45) is 0.788. The maximum atomic E-state index is 13.3. The molecule has 204 valence electrons. The van der Waals surface area contributed by atoms with Crippen LogP contribution < -0.4 is 0 Å². The highest BCUT2D eigenvalue weighted by Gasteiger charge is 2.69. The lowest BCUT2D eigenvalue weighted by atomic mass is 9.45. The smallest absolute Gasteiger partial charge is 0.159 e. The molecule has 0 aromatic rings. The zero-order valence-electron chi connectivity index (χ0n) is 22.4. The minimum absolute atomic E-state index is 0.0999. The standard InChI is InChI=1S/C29H46O7/c1-15(2)17(16(3)30)11-25(34)28(6,35)24-8-10-29(36)19-12-21(31)20-13-22(32)23(33)14-26(20,4)18(19)7-9-27(24,29)5/h12,16-18,20,22-25,30,32-36H,1,7-11,13-14H2,2-6H3/t16-,17-,18-,20-,22+,23-,24-,25+,26+,27+,28+,29+/m0/s1. The molecule has 7 nitrogen and oxygen atoms in total. The Morgan fingerprint density at radius 3 is 2.39 bits per heavy atom. The fourth-order valence-electron chi connectivity index (χ4n) is 8.83. The van der Waals surface area contributed by atoms with Gasteiger partial charge in [-0.3, -0.25) is 4.79 Å². The average Bonchev–Trinajstić information content (AvgIpc) is 3.05. The van der Waals surface area contributed by atoms with Gasteiger partial charge in [-0.2, -0.15) is 0 Å². The minimum atomic E-state index is -1.52. The number of carbonyl (C=O) groups excluding carboxylic acids is 1. The second-order valence-electron chi connectivity index (χ2n) is 13.3. The quantitative estimate of drug-likeness (QED) is 0.304. The van der Waals surface area contributed by atoms with Crippen LogP contribution in [0, 0.1) is 34.5 Å². The molecule has 0 amide bonds. The topological polar surface area (TPSA) is 138 Å². The molecule has 3 fully saturated rings. The summed E-state index contributed by atoms with van der Waals surface area (Å²) in [7, 11) is 0. The lowest BCUT2D eigenvalue weighted by Crippen LogP contribution is -2.63. The Morgan fingerprint density at radius 2 is 1.81 bits per heavy atom. The van der Waals surface area contributed by atoms with E-state index in [0.717, 1.165) is 5.57 Å². The van der Waals surface area contributed by atoms with Crippen LogP contribution in [0.1, 0.15) is 79.6 Å². The highest BCUT2D eigenvalue weighted by atomic mass is 16.3. The van der Waals surface area contributed by atoms with E-state index in [1.165, 1.54) is 0 Å². The van der Waals surface area contributed by atoms with Crippen molar-refractivity contribution in [3.63, 3.8) is 0 Å². The molecule has 0 radical (unpaired) electrons. The molecule has 3 saturated carbocycles. The third-order valence-electron chi connectivity index (χ3n) is 11.2. The molecule has 4 aliphatic carbocycles. The van der Waals surface area contributed by atoms with E-state index in [4.69, 9.17) is 0 Å². The van der Waals surface area contributed by atoms with Gasteiger partial charge in [0.1, 0.15) is 0 Å². The average molecular weight is 507 g/mol. The van der Waals surface area contributed by atoms with Gasteiger partial charge in [0, 0.05) is 17.3 Å². The Bertz CT molecular complexity index is 940. The van der Waals surface area contributed by atoms with Crippen molar-refractivity contribution in [3.8, 4) is 0 Å². The van der Waals surface area contributed by atoms with Gasteiger partial charge in [0.05, 0.1) is 35.6 Å². The van der Waals surface area contributed by atoms with Gasteiger partial charge in [0.25, 0.3) is 0 Å². The molecule has 6 N–H and O–H groups in total. The van der Waals surface area contributed by atoms with Gasteiger partial charge in [0.2, 0.25) is 0 Å². The third kappa shape index (κ3) is 3.88. The van der Waals surface area contributed by atoms with Crippen molar-refractivity contribution >= 4 is 5.78 Å². The Labute approximate surface area is 214 Å². The molecule has 0 aromatic heterocycles. The van der Waals surface area contributed by atoms with Gasteiger partial charge in [-0.25, -0.2) is 0 Å². The second-order valence-corrected chi connectivity index (χ2v) is 13.3. The van der Waals surface area contributed by atoms with Crippen molar-refractivity contribution in [1.82, 2.24) is 0 Å². The first-order valence-corrected chi connectivity index (χ1v) is 13.6. The van der Waals surface area contributed by atoms with E-state index in [2.05, 4.69) is 6.58 Å². The number of aliphatic hydroxyl groups excluding tert-OH is 4. The van der Waals surface area contributed by atoms with E-state index in [1.54, 1.807) is 26.8 Å². The summed E-state index contributed by atoms with van der Waals surface area (Å²) >= 11 is 0. The van der Waals surface area contributed by atoms with Crippen molar-refractivity contribution in [3.05, 3.63) is 23.8 Å². The molecule has 36 heavy (non-hydrogen) atoms. The van der Waals surface area contributed by atoms with Crippen molar-refractivity contribution < 1.29 is 35.4 Å². The zero-order chi connectivity index (χ0) is 27.0. The first-order chi connectivity index (χ1) is 16.5. The molecule has 0 aromatic carbocycles. The van der Waals surface area contributed by atoms with Crippen LogP contribution in [-0.2, 0) is 4.79 Å². The van der Waals surface area contributed by atoms with Crippen LogP contribution >= 0.6 is 0 Å². The van der Waals surface area contributed by atoms with E-state index in [1.807, 2.05) is 13.8 Å². The molecule has 0 aliphatic heterocycles. The largest absolute Gasteiger partial charge is 0.393 e. The van der Waals surface area contributed by atoms with Gasteiger partial charge >= 0.3 is 0 Å². The molecule has 7 heteroatoms. The van der Waals surface area contributed by atoms with Gasteiger partial charge in [-0.15, -0.1) is 0 Å². The Balaban J connectivity index is 1.67. The number of fused-ring (bicyclic) bond motifs is 5. The Hall–Kier alpha value is -1.09. The number of ketones is 1. The van der Waals surface area contributed by atoms with Gasteiger partial charge in [0.15, 0.2) is 5.78 Å². The summed E-state index contributed by atoms with van der Waals surface area (Å²) in [6.45, 7) is 13.0. The summed E-state index contributed by atoms with van der Waals surface area (Å²) in [6, 6.07) is 0. The van der Waals surface area contributed by atoms with E-state index in [9.17, 15) is 35.4 Å². The number of hydrogen-bond donors (Lipinski definition) is 6. The predicted octanol–water partition coefficient (Wildman–Crippen LogP) is 2.27. The SMILES string of the molecule is C=C(C)[C@H](C[C@@H](O)[C@](C)(O)[C@H]1CC[C@@]2(O)C3=CC(=O)[C@@H]4C[C@@H](O)[C@@H](O)C[C@]4(C)[C@H]3CC[C@]12C)[C@H](C)O. The summed E-state index contributed by atoms with van der Waals surface area (Å²) in [5.41, 5.74) is -2.72. The molecule has 12 atom stereocenters. The summed E-state index contributed by atoms with van der Waals surface area (Å²) in [4.78, 5) is 13.3. The van der Waals surface area contributed by atoms with Crippen molar-refractivity contribution in [2.75, 3.05) is 0 Å². The lowest BCUT2D eigenvalue weighted by molar-refractivity contribution is -0.177. The zero-order valence-corrected chi connectivity index (χ0v) is 22.4. The Kier molecular flexibility index (Phi) is 6.98. The normalized spacial score (nSPS) is 46.5. The molecule has 0 unspecified atom stereocenters. The summed E-state index contributed by atoms with van der Waals surface area (Å²) < 4.78 is 0. The van der Waals surface area contributed by atoms with Crippen LogP contribution in [0.5, 0.6) is 0 Å². The predicted molar refractivity (Wildman–Crippen MR) is 136 cm³/mol. The van der Waals surface area contributed by atoms with Crippen molar-refractivity contribution in [1.29, 1.82) is 0 Å². The highest BCUT2D eigenvalue weighted by molar-refractivity contribution is 5.95. The van der Waals surface area contributed by atoms with Crippen LogP contribution in [0.15, 0.2) is 23.8 Å². The van der Waals surface area contributed by atoms with Crippen LogP contribution in [-0.4, -0.2) is 72.0 Å². The molecule has 4 rings (SSSR count). The molecule has 0 spiro atoms. The number of rotatable bonds is 6. The van der Waals surface area contributed by atoms with E-state index < -0.39 is 52.4 Å². The van der Waals surface area contributed by atoms with Gasteiger partial charge < -0.3 is 30.6 Å². The first kappa shape index (κ1) is 27.9. The molecular weight excluding hydrogens is 460 g/mol. The monoisotopic (exact) mass is 506 g/mol. The van der Waals surface area contributed by atoms with Crippen LogP contribution in [0.2, 0.25) is 0 Å². The second kappa shape index (κ2) is 8.99. The number of allylic oxidation sites excluding steroid dienone is 1. The maximum absolute atomic E-state index is 13.3. The molecular formula is C29H46O7. The van der Waals surface area contributed by atoms with Crippen molar-refractivity contribution in [2.24, 2.45) is 34.5 Å². The lowest BCUT2D eigenvalue weighted by Gasteiger charge is -2.60. The molecule has 0 saturated heterocycles. The van der Waals surface area contributed by atoms with Gasteiger partial charge in [-0.1, -0.05) is 26.0 Å². The summed E-state index contributed by atoms with van der Waals surface area (Å²) in [5.74, 6) is -1.38. The fourth-order valence-corrected chi connectivity index (χ4v) is 8.83. The Morgan fingerprint density at radius 1 is 1.17 bits per heavy atom. The third-order valence-corrected chi connectivity index (χ3v) is 11.2. The molecule has 4 aliphatic rings. The van der Waals surface area contributed by atoms with E-state index >= 15 is 0 Å². The number of hydrogen-bond acceptors (Lipinski definition) is 7. The molecule has 0 bridgehead atoms. The van der Waals surface area contributed by atoms with E-state index in [0.29, 0.717) is 37.7 Å². The highest BCUT2D eigenvalue weighted by Crippen LogP contribution is 2.68. The fraction of sp³-hybridized carbons (Fsp3) is 0.828. The number of carbonyl (C=O) groups is 1. The van der Waals surface area contributed by atoms with Crippen LogP contribution in [0.3, 0.4) is 0 Å². The summed E-state index contributed by atoms with van der Waals surface area (Å²) in [5, 5.41) is 66.2. The van der Waals surface area contributed by atoms with Crippen molar-refractivity contribution in [2.45, 2.75) is 115 Å². The maximum Gasteiger partial charge on any atom is 0.159 e. The van der Waals surface area contributed by atoms with Gasteiger partial charge in [-0.05, 0) is 94.6 Å². The van der Waals surface area contributed by atoms with Crippen LogP contribution in [0.25, 0.3) is 0 Å². The van der Waals surface area contributed by atoms with E-state index in [-0.39, 0.29) is 36.4 Å². The first-order valence-electron chi connectivity index (χ1n) is 13.6. The minimum Gasteiger partial charge on any atom is -0.393 e. The number of aliphatic hydroxyl groups is 6.